The number of hydrogen-bond donors (Lipinski definition) is 2. The number of hydrogen-bond acceptors (Lipinski definition) is 5. The standard InChI is InChI=1S/C27H26N6O/c1-25(2)23-14-27(17-15-28-33(4)16-17)10-9-21(31-27)12-20-6-5-18(29-20)11-19-7-8-22(30-19)13-26(3,32-23)24(25)34/h5-16,29,32H,1-4H3. The van der Waals surface area contributed by atoms with Crippen molar-refractivity contribution in [2.24, 2.45) is 22.4 Å². The Hall–Kier alpha value is -4.00. The Morgan fingerprint density at radius 2 is 1.74 bits per heavy atom. The van der Waals surface area contributed by atoms with Gasteiger partial charge >= 0.3 is 0 Å². The molecule has 0 radical (unpaired) electrons. The summed E-state index contributed by atoms with van der Waals surface area (Å²) in [6.45, 7) is 5.84. The summed E-state index contributed by atoms with van der Waals surface area (Å²) < 4.78 is 1.77. The van der Waals surface area contributed by atoms with Crippen molar-refractivity contribution in [3.8, 4) is 0 Å². The second-order valence-corrected chi connectivity index (χ2v) is 10.0. The molecule has 4 aliphatic rings. The number of ketones is 1. The van der Waals surface area contributed by atoms with Crippen LogP contribution in [-0.2, 0) is 17.4 Å². The number of aliphatic imine (C=N–C) groups is 2. The summed E-state index contributed by atoms with van der Waals surface area (Å²) in [7, 11) is 1.89. The van der Waals surface area contributed by atoms with Crippen LogP contribution in [0, 0.1) is 5.41 Å². The van der Waals surface area contributed by atoms with E-state index in [4.69, 9.17) is 9.98 Å². The van der Waals surface area contributed by atoms with Crippen molar-refractivity contribution in [1.29, 1.82) is 0 Å². The maximum Gasteiger partial charge on any atom is 0.173 e. The van der Waals surface area contributed by atoms with Gasteiger partial charge in [0.05, 0.1) is 28.7 Å². The zero-order valence-electron chi connectivity index (χ0n) is 19.6. The lowest BCUT2D eigenvalue weighted by molar-refractivity contribution is -0.126. The minimum absolute atomic E-state index is 0.0942. The van der Waals surface area contributed by atoms with Crippen molar-refractivity contribution in [3.05, 3.63) is 88.6 Å². The number of nitrogens with one attached hydrogen (secondary N) is 2. The molecule has 6 heterocycles. The van der Waals surface area contributed by atoms with Gasteiger partial charge in [0, 0.05) is 35.2 Å². The fourth-order valence-electron chi connectivity index (χ4n) is 5.10. The molecule has 170 valence electrons. The van der Waals surface area contributed by atoms with Crippen LogP contribution in [0.25, 0.3) is 12.2 Å². The van der Waals surface area contributed by atoms with Crippen LogP contribution in [0.15, 0.2) is 82.4 Å². The smallest absolute Gasteiger partial charge is 0.173 e. The van der Waals surface area contributed by atoms with Gasteiger partial charge in [0.15, 0.2) is 5.78 Å². The van der Waals surface area contributed by atoms with Crippen LogP contribution >= 0.6 is 0 Å². The molecule has 4 aliphatic heterocycles. The molecule has 7 nitrogen and oxygen atoms in total. The maximum absolute atomic E-state index is 13.7. The molecule has 6 rings (SSSR count). The molecule has 0 spiro atoms. The molecule has 1 fully saturated rings. The summed E-state index contributed by atoms with van der Waals surface area (Å²) in [6.07, 6.45) is 19.8. The van der Waals surface area contributed by atoms with Crippen LogP contribution in [0.1, 0.15) is 26.3 Å². The largest absolute Gasteiger partial charge is 0.373 e. The Balaban J connectivity index is 1.63. The quantitative estimate of drug-likeness (QED) is 0.696. The summed E-state index contributed by atoms with van der Waals surface area (Å²) in [6, 6.07) is 4.06. The van der Waals surface area contributed by atoms with Gasteiger partial charge < -0.3 is 10.3 Å². The Bertz CT molecular complexity index is 1550. The number of nitrogens with zero attached hydrogens (tertiary/aromatic N) is 4. The van der Waals surface area contributed by atoms with Crippen molar-refractivity contribution < 1.29 is 4.79 Å². The van der Waals surface area contributed by atoms with Gasteiger partial charge in [-0.25, -0.2) is 4.99 Å². The Labute approximate surface area is 197 Å². The molecule has 34 heavy (non-hydrogen) atoms. The number of aromatic amines is 1. The molecule has 2 unspecified atom stereocenters. The third-order valence-corrected chi connectivity index (χ3v) is 6.92. The first-order chi connectivity index (χ1) is 16.2. The van der Waals surface area contributed by atoms with Crippen LogP contribution < -0.4 is 16.0 Å². The molecule has 2 atom stereocenters. The van der Waals surface area contributed by atoms with Gasteiger partial charge in [-0.2, -0.15) is 5.10 Å². The lowest BCUT2D eigenvalue weighted by atomic mass is 9.79. The van der Waals surface area contributed by atoms with Gasteiger partial charge in [-0.15, -0.1) is 0 Å². The molecule has 2 N–H and O–H groups in total. The number of aromatic nitrogens is 3. The van der Waals surface area contributed by atoms with Crippen molar-refractivity contribution in [1.82, 2.24) is 20.1 Å². The van der Waals surface area contributed by atoms with Gasteiger partial charge in [-0.3, -0.25) is 14.5 Å². The first kappa shape index (κ1) is 20.6. The highest BCUT2D eigenvalue weighted by Gasteiger charge is 2.52. The van der Waals surface area contributed by atoms with E-state index >= 15 is 0 Å². The van der Waals surface area contributed by atoms with E-state index in [2.05, 4.69) is 27.6 Å². The first-order valence-corrected chi connectivity index (χ1v) is 11.4. The van der Waals surface area contributed by atoms with E-state index < -0.39 is 16.5 Å². The number of carbonyl (C=O) groups excluding carboxylic acids is 1. The lowest BCUT2D eigenvalue weighted by Crippen LogP contribution is -2.41. The summed E-state index contributed by atoms with van der Waals surface area (Å²) in [5.41, 5.74) is 1.84. The number of carbonyl (C=O) groups is 1. The van der Waals surface area contributed by atoms with Crippen molar-refractivity contribution in [3.63, 3.8) is 0 Å². The monoisotopic (exact) mass is 450 g/mol. The van der Waals surface area contributed by atoms with Gasteiger partial charge in [0.2, 0.25) is 0 Å². The normalized spacial score (nSPS) is 28.5. The molecule has 2 aromatic heterocycles. The third kappa shape index (κ3) is 3.11. The van der Waals surface area contributed by atoms with Gasteiger partial charge in [0.1, 0.15) is 11.1 Å². The first-order valence-electron chi connectivity index (χ1n) is 11.4. The predicted octanol–water partition coefficient (Wildman–Crippen LogP) is 1.96. The van der Waals surface area contributed by atoms with E-state index in [-0.39, 0.29) is 5.78 Å². The zero-order valence-corrected chi connectivity index (χ0v) is 19.6. The number of H-pyrrole nitrogens is 1. The fraction of sp³-hybridized carbons (Fsp3) is 0.259. The van der Waals surface area contributed by atoms with Crippen LogP contribution in [0.5, 0.6) is 0 Å². The van der Waals surface area contributed by atoms with E-state index in [0.29, 0.717) is 0 Å². The minimum atomic E-state index is -0.887. The molecule has 0 aliphatic carbocycles. The average Bonchev–Trinajstić information content (AvgIpc) is 3.58. The Morgan fingerprint density at radius 3 is 2.47 bits per heavy atom. The second-order valence-electron chi connectivity index (χ2n) is 10.0. The summed E-state index contributed by atoms with van der Waals surface area (Å²) in [4.78, 5) is 26.9. The molecule has 1 saturated heterocycles. The highest BCUT2D eigenvalue weighted by molar-refractivity contribution is 6.20. The number of fused-ring (bicyclic) bond motifs is 6. The lowest BCUT2D eigenvalue weighted by Gasteiger charge is -2.24. The average molecular weight is 451 g/mol. The highest BCUT2D eigenvalue weighted by Crippen LogP contribution is 2.44. The Morgan fingerprint density at radius 1 is 0.971 bits per heavy atom. The third-order valence-electron chi connectivity index (χ3n) is 6.92. The van der Waals surface area contributed by atoms with Crippen molar-refractivity contribution >= 4 is 29.4 Å². The van der Waals surface area contributed by atoms with E-state index in [1.165, 1.54) is 0 Å². The van der Waals surface area contributed by atoms with E-state index in [9.17, 15) is 4.79 Å². The topological polar surface area (TPSA) is 87.4 Å². The van der Waals surface area contributed by atoms with E-state index in [0.717, 1.165) is 39.1 Å². The van der Waals surface area contributed by atoms with Crippen LogP contribution in [0.4, 0.5) is 0 Å². The minimum Gasteiger partial charge on any atom is -0.373 e. The molecule has 8 bridgehead atoms. The summed E-state index contributed by atoms with van der Waals surface area (Å²) in [5.74, 6) is 0.0942. The van der Waals surface area contributed by atoms with Gasteiger partial charge in [-0.1, -0.05) is 0 Å². The number of aryl methyl sites for hydroxylation is 1. The molecule has 7 heteroatoms. The molecule has 0 aromatic carbocycles. The van der Waals surface area contributed by atoms with Crippen molar-refractivity contribution in [2.45, 2.75) is 31.8 Å². The van der Waals surface area contributed by atoms with Gasteiger partial charge in [-0.05, 0) is 81.5 Å². The highest BCUT2D eigenvalue weighted by atomic mass is 16.1. The predicted molar refractivity (Wildman–Crippen MR) is 134 cm³/mol. The molecule has 0 saturated carbocycles. The summed E-state index contributed by atoms with van der Waals surface area (Å²) >= 11 is 0. The summed E-state index contributed by atoms with van der Waals surface area (Å²) in [5, 5.41) is 9.83. The SMILES string of the molecule is Cn1cc(C23C=CC(=N2)C=c2ccc([nH]2)=CC2=NC(=CC4(C)NC(=C3)C(C)(C)C4=O)C=C2)cn1. The fourth-order valence-corrected chi connectivity index (χ4v) is 5.10. The van der Waals surface area contributed by atoms with Gasteiger partial charge in [0.25, 0.3) is 0 Å². The van der Waals surface area contributed by atoms with Crippen molar-refractivity contribution in [2.75, 3.05) is 0 Å². The molecule has 0 amide bonds. The van der Waals surface area contributed by atoms with Crippen LogP contribution in [0.2, 0.25) is 0 Å². The van der Waals surface area contributed by atoms with E-state index in [1.807, 2.05) is 88.8 Å². The van der Waals surface area contributed by atoms with E-state index in [1.54, 1.807) is 4.68 Å². The van der Waals surface area contributed by atoms with Crippen LogP contribution in [-0.4, -0.2) is 37.5 Å². The second kappa shape index (κ2) is 6.76. The molecular weight excluding hydrogens is 424 g/mol. The zero-order chi connectivity index (χ0) is 23.7. The Kier molecular flexibility index (Phi) is 4.09. The van der Waals surface area contributed by atoms with Crippen LogP contribution in [0.3, 0.4) is 0 Å². The number of Topliss-reactive ketones (excluding diaryl/α,β-unsaturated/α-hetero) is 1. The molecular formula is C27H26N6O. The number of allylic oxidation sites excluding steroid dienone is 4. The maximum atomic E-state index is 13.7. The number of rotatable bonds is 1. The molecule has 2 aromatic rings.